The molecule has 6 fully saturated rings. The lowest BCUT2D eigenvalue weighted by atomic mass is 9.42. The van der Waals surface area contributed by atoms with Crippen molar-refractivity contribution in [2.24, 2.45) is 34.5 Å². The second-order valence-electron chi connectivity index (χ2n) is 14.0. The molecule has 1 spiro atoms. The minimum absolute atomic E-state index is 0. The average molecular weight is 685 g/mol. The fourth-order valence-electron chi connectivity index (χ4n) is 12.1. The Bertz CT molecular complexity index is 1260. The van der Waals surface area contributed by atoms with Crippen LogP contribution in [0, 0.1) is 34.5 Å². The Hall–Kier alpha value is -1.19. The van der Waals surface area contributed by atoms with Gasteiger partial charge in [0.05, 0.1) is 60.3 Å². The van der Waals surface area contributed by atoms with E-state index in [1.807, 2.05) is 0 Å². The van der Waals surface area contributed by atoms with Gasteiger partial charge in [-0.05, 0) is 31.4 Å². The summed E-state index contributed by atoms with van der Waals surface area (Å²) in [6, 6.07) is 8.35. The zero-order valence-electron chi connectivity index (χ0n) is 25.9. The molecule has 5 saturated carbocycles. The van der Waals surface area contributed by atoms with Crippen LogP contribution in [0.5, 0.6) is 0 Å². The number of aliphatic hydroxyl groups excluding tert-OH is 2. The molecule has 11 nitrogen and oxygen atoms in total. The van der Waals surface area contributed by atoms with Crippen LogP contribution in [-0.2, 0) is 23.7 Å². The maximum Gasteiger partial charge on any atom is 0.338 e. The molecular weight excluding hydrogens is 638 g/mol. The first-order valence-corrected chi connectivity index (χ1v) is 15.6. The number of nitrogens with one attached hydrogen (secondary N) is 1. The van der Waals surface area contributed by atoms with Crippen molar-refractivity contribution in [1.29, 1.82) is 0 Å². The second-order valence-corrected chi connectivity index (χ2v) is 14.0. The zero-order chi connectivity index (χ0) is 30.7. The maximum absolute atomic E-state index is 13.6. The van der Waals surface area contributed by atoms with E-state index >= 15 is 0 Å². The topological polar surface area (TPSA) is 149 Å². The van der Waals surface area contributed by atoms with E-state index in [2.05, 4.69) is 6.92 Å². The summed E-state index contributed by atoms with van der Waals surface area (Å²) >= 11 is 0. The van der Waals surface area contributed by atoms with Gasteiger partial charge in [0.1, 0.15) is 35.6 Å². The van der Waals surface area contributed by atoms with Crippen molar-refractivity contribution in [2.75, 3.05) is 48.1 Å². The highest BCUT2D eigenvalue weighted by Crippen LogP contribution is 2.78. The minimum atomic E-state index is -1.84. The Balaban J connectivity index is 0.00000343. The molecule has 7 bridgehead atoms. The van der Waals surface area contributed by atoms with Crippen LogP contribution in [0.15, 0.2) is 30.3 Å². The monoisotopic (exact) mass is 683 g/mol. The number of ether oxygens (including phenoxy) is 5. The average Bonchev–Trinajstić information content (AvgIpc) is 3.39. The summed E-state index contributed by atoms with van der Waals surface area (Å²) in [6.07, 6.45) is -5.15. The first-order valence-electron chi connectivity index (χ1n) is 15.6. The lowest BCUT2D eigenvalue weighted by molar-refractivity contribution is -0.954. The smallest absolute Gasteiger partial charge is 0.338 e. The fourth-order valence-corrected chi connectivity index (χ4v) is 12.1. The summed E-state index contributed by atoms with van der Waals surface area (Å²) in [4.78, 5) is 14.7. The number of rotatable bonds is 8. The number of benzene rings is 1. The van der Waals surface area contributed by atoms with Crippen molar-refractivity contribution >= 4 is 5.97 Å². The maximum atomic E-state index is 13.6. The van der Waals surface area contributed by atoms with Gasteiger partial charge >= 0.3 is 5.97 Å². The summed E-state index contributed by atoms with van der Waals surface area (Å²) < 4.78 is 30.6. The number of likely N-dealkylation sites (tertiary alicyclic amines) is 1. The SMILES string of the molecule is CC[NH+]1CC2(COC)C(O)CC(OC)C34C5CC6(O)C(OC)C(O)C(O)(C5C6OC(=O)c5ccccc5)C(C(OC)C23)C14.[Br-]. The highest BCUT2D eigenvalue weighted by atomic mass is 79.9. The molecule has 1 heterocycles. The number of piperidine rings is 1. The quantitative estimate of drug-likeness (QED) is 0.170. The second kappa shape index (κ2) is 10.9. The highest BCUT2D eigenvalue weighted by Gasteiger charge is 2.92. The fraction of sp³-hybridized carbons (Fsp3) is 0.781. The normalized spacial score (nSPS) is 52.8. The molecule has 1 aliphatic heterocycles. The molecule has 7 rings (SSSR count). The molecule has 44 heavy (non-hydrogen) atoms. The molecule has 1 aromatic carbocycles. The third kappa shape index (κ3) is 3.56. The molecule has 5 N–H and O–H groups in total. The number of aliphatic hydroxyl groups is 4. The van der Waals surface area contributed by atoms with Crippen LogP contribution in [0.4, 0.5) is 0 Å². The standard InChI is InChI=1S/C32H45NO10.BrH/c1-6-33-14-29(15-39-2)18(34)12-19(40-3)31-17-13-30(37)26(43-28(36)16-10-8-7-9-11-16)20(17)32(38,25(35)27(30)42-5)21(24(31)33)22(41-4)23(29)31;/h7-11,17-27,34-35,37-38H,6,12-15H2,1-5H3;1H. The van der Waals surface area contributed by atoms with Crippen LogP contribution < -0.4 is 21.9 Å². The number of carbonyl (C=O) groups excluding carboxylic acids is 1. The molecule has 0 amide bonds. The van der Waals surface area contributed by atoms with Gasteiger partial charge in [-0.15, -0.1) is 0 Å². The molecular formula is C32H46BrNO10. The first kappa shape index (κ1) is 32.7. The molecule has 16 atom stereocenters. The van der Waals surface area contributed by atoms with Gasteiger partial charge in [0, 0.05) is 46.7 Å². The van der Waals surface area contributed by atoms with Crippen molar-refractivity contribution < 1.29 is 70.8 Å². The van der Waals surface area contributed by atoms with Gasteiger partial charge in [-0.2, -0.15) is 0 Å². The van der Waals surface area contributed by atoms with E-state index in [9.17, 15) is 25.2 Å². The first-order chi connectivity index (χ1) is 20.6. The number of hydrogen-bond acceptors (Lipinski definition) is 10. The Morgan fingerprint density at radius 3 is 2.30 bits per heavy atom. The molecule has 6 aliphatic rings. The van der Waals surface area contributed by atoms with E-state index in [1.165, 1.54) is 12.0 Å². The van der Waals surface area contributed by atoms with Crippen LogP contribution in [0.2, 0.25) is 0 Å². The van der Waals surface area contributed by atoms with Crippen LogP contribution in [0.25, 0.3) is 0 Å². The van der Waals surface area contributed by atoms with Gasteiger partial charge in [-0.1, -0.05) is 18.2 Å². The van der Waals surface area contributed by atoms with Crippen molar-refractivity contribution in [3.63, 3.8) is 0 Å². The minimum Gasteiger partial charge on any atom is -1.00 e. The van der Waals surface area contributed by atoms with Crippen LogP contribution in [0.1, 0.15) is 30.1 Å². The van der Waals surface area contributed by atoms with Gasteiger partial charge < -0.3 is 66.0 Å². The van der Waals surface area contributed by atoms with E-state index in [-0.39, 0.29) is 42.0 Å². The van der Waals surface area contributed by atoms with E-state index in [0.29, 0.717) is 25.1 Å². The van der Waals surface area contributed by atoms with E-state index < -0.39 is 82.4 Å². The largest absolute Gasteiger partial charge is 1.00 e. The lowest BCUT2D eigenvalue weighted by Gasteiger charge is -2.68. The van der Waals surface area contributed by atoms with Crippen LogP contribution in [-0.4, -0.2) is 128 Å². The third-order valence-corrected chi connectivity index (χ3v) is 13.1. The molecule has 0 aromatic heterocycles. The van der Waals surface area contributed by atoms with Crippen molar-refractivity contribution in [1.82, 2.24) is 0 Å². The number of fused-ring (bicyclic) bond motifs is 2. The number of halogens is 1. The van der Waals surface area contributed by atoms with Crippen molar-refractivity contribution in [2.45, 2.75) is 73.6 Å². The molecule has 12 heteroatoms. The Morgan fingerprint density at radius 2 is 1.70 bits per heavy atom. The number of esters is 1. The van der Waals surface area contributed by atoms with Crippen molar-refractivity contribution in [3.8, 4) is 0 Å². The zero-order valence-corrected chi connectivity index (χ0v) is 27.5. The highest BCUT2D eigenvalue weighted by molar-refractivity contribution is 5.89. The Labute approximate surface area is 268 Å². The summed E-state index contributed by atoms with van der Waals surface area (Å²) in [5.41, 5.74) is -4.70. The van der Waals surface area contributed by atoms with Gasteiger partial charge in [0.15, 0.2) is 0 Å². The number of carbonyl (C=O) groups is 1. The Kier molecular flexibility index (Phi) is 8.13. The molecule has 0 radical (unpaired) electrons. The van der Waals surface area contributed by atoms with Crippen LogP contribution >= 0.6 is 0 Å². The molecule has 1 saturated heterocycles. The molecule has 1 aromatic rings. The van der Waals surface area contributed by atoms with E-state index in [0.717, 1.165) is 0 Å². The molecule has 246 valence electrons. The number of quaternary nitrogens is 1. The Morgan fingerprint density at radius 1 is 1.00 bits per heavy atom. The summed E-state index contributed by atoms with van der Waals surface area (Å²) in [5.74, 6) is -2.85. The number of hydrogen-bond donors (Lipinski definition) is 5. The van der Waals surface area contributed by atoms with Gasteiger partial charge in [-0.3, -0.25) is 0 Å². The van der Waals surface area contributed by atoms with Crippen molar-refractivity contribution in [3.05, 3.63) is 35.9 Å². The molecule has 5 aliphatic carbocycles. The molecule has 16 unspecified atom stereocenters. The summed E-state index contributed by atoms with van der Waals surface area (Å²) in [6.45, 7) is 3.69. The van der Waals surface area contributed by atoms with Gasteiger partial charge in [-0.25, -0.2) is 4.79 Å². The predicted octanol–water partition coefficient (Wildman–Crippen LogP) is -4.34. The van der Waals surface area contributed by atoms with Crippen LogP contribution in [0.3, 0.4) is 0 Å². The van der Waals surface area contributed by atoms with E-state index in [1.54, 1.807) is 51.7 Å². The van der Waals surface area contributed by atoms with Gasteiger partial charge in [0.25, 0.3) is 0 Å². The predicted molar refractivity (Wildman–Crippen MR) is 150 cm³/mol. The third-order valence-electron chi connectivity index (χ3n) is 13.1. The number of methoxy groups -OCH3 is 4. The van der Waals surface area contributed by atoms with Gasteiger partial charge in [0.2, 0.25) is 0 Å². The summed E-state index contributed by atoms with van der Waals surface area (Å²) in [5, 5.41) is 49.7. The lowest BCUT2D eigenvalue weighted by Crippen LogP contribution is -3.22. The summed E-state index contributed by atoms with van der Waals surface area (Å²) in [7, 11) is 6.32. The van der Waals surface area contributed by atoms with E-state index in [4.69, 9.17) is 23.7 Å².